The van der Waals surface area contributed by atoms with Gasteiger partial charge in [-0.3, -0.25) is 10.1 Å². The molecule has 3 rings (SSSR count). The Balaban J connectivity index is 1.68. The van der Waals surface area contributed by atoms with E-state index >= 15 is 0 Å². The highest BCUT2D eigenvalue weighted by Crippen LogP contribution is 2.37. The van der Waals surface area contributed by atoms with Gasteiger partial charge in [-0.15, -0.1) is 5.10 Å². The monoisotopic (exact) mass is 343 g/mol. The van der Waals surface area contributed by atoms with Gasteiger partial charge in [-0.05, 0) is 42.8 Å². The van der Waals surface area contributed by atoms with Crippen molar-refractivity contribution >= 4 is 23.7 Å². The lowest BCUT2D eigenvalue weighted by Crippen LogP contribution is -2.12. The van der Waals surface area contributed by atoms with Crippen LogP contribution in [0.5, 0.6) is 0 Å². The number of nitrogens with one attached hydrogen (secondary N) is 1. The SMILES string of the molecule is O=C(Nc1nnc(C2CCC2)o1)c1cccc(SC(F)(F)F)c1. The van der Waals surface area contributed by atoms with Crippen molar-refractivity contribution in [3.63, 3.8) is 0 Å². The number of benzene rings is 1. The number of halogens is 3. The predicted octanol–water partition coefficient (Wildman–Crippen LogP) is 4.20. The molecule has 0 unspecified atom stereocenters. The molecule has 9 heteroatoms. The van der Waals surface area contributed by atoms with Gasteiger partial charge in [0, 0.05) is 16.4 Å². The molecule has 1 aromatic heterocycles. The molecule has 1 aliphatic rings. The molecule has 1 amide bonds. The molecule has 1 saturated carbocycles. The predicted molar refractivity (Wildman–Crippen MR) is 77.2 cm³/mol. The zero-order valence-corrected chi connectivity index (χ0v) is 12.6. The summed E-state index contributed by atoms with van der Waals surface area (Å²) in [5.41, 5.74) is -4.32. The van der Waals surface area contributed by atoms with Crippen molar-refractivity contribution in [2.75, 3.05) is 5.32 Å². The third-order valence-corrected chi connectivity index (χ3v) is 4.17. The van der Waals surface area contributed by atoms with Crippen LogP contribution >= 0.6 is 11.8 Å². The second kappa shape index (κ2) is 6.23. The quantitative estimate of drug-likeness (QED) is 0.843. The number of carbonyl (C=O) groups excluding carboxylic acids is 1. The van der Waals surface area contributed by atoms with Gasteiger partial charge in [-0.1, -0.05) is 17.6 Å². The van der Waals surface area contributed by atoms with Crippen molar-refractivity contribution < 1.29 is 22.4 Å². The molecule has 2 aromatic rings. The fraction of sp³-hybridized carbons (Fsp3) is 0.357. The van der Waals surface area contributed by atoms with Crippen molar-refractivity contribution in [2.45, 2.75) is 35.6 Å². The number of aromatic nitrogens is 2. The van der Waals surface area contributed by atoms with Crippen molar-refractivity contribution in [1.29, 1.82) is 0 Å². The van der Waals surface area contributed by atoms with Gasteiger partial charge in [0.25, 0.3) is 5.91 Å². The summed E-state index contributed by atoms with van der Waals surface area (Å²) in [7, 11) is 0. The minimum Gasteiger partial charge on any atom is -0.408 e. The Morgan fingerprint density at radius 1 is 1.30 bits per heavy atom. The van der Waals surface area contributed by atoms with Gasteiger partial charge >= 0.3 is 11.5 Å². The maximum atomic E-state index is 12.4. The molecular weight excluding hydrogens is 331 g/mol. The van der Waals surface area contributed by atoms with Gasteiger partial charge in [0.1, 0.15) is 0 Å². The van der Waals surface area contributed by atoms with Gasteiger partial charge < -0.3 is 4.42 Å². The minimum atomic E-state index is -4.40. The summed E-state index contributed by atoms with van der Waals surface area (Å²) in [5.74, 6) is 0.117. The highest BCUT2D eigenvalue weighted by Gasteiger charge is 2.29. The van der Waals surface area contributed by atoms with E-state index in [1.807, 2.05) is 0 Å². The summed E-state index contributed by atoms with van der Waals surface area (Å²) in [6.07, 6.45) is 3.07. The standard InChI is InChI=1S/C14H12F3N3O2S/c15-14(16,17)23-10-6-2-5-9(7-10)11(21)18-13-20-19-12(22-13)8-3-1-4-8/h2,5-8H,1,3-4H2,(H,18,20,21). The van der Waals surface area contributed by atoms with Crippen LogP contribution < -0.4 is 5.32 Å². The van der Waals surface area contributed by atoms with Crippen LogP contribution in [0.1, 0.15) is 41.4 Å². The lowest BCUT2D eigenvalue weighted by atomic mass is 9.85. The second-order valence-corrected chi connectivity index (χ2v) is 6.24. The van der Waals surface area contributed by atoms with E-state index < -0.39 is 11.4 Å². The number of hydrogen-bond donors (Lipinski definition) is 1. The summed E-state index contributed by atoms with van der Waals surface area (Å²) in [5, 5.41) is 10.0. The van der Waals surface area contributed by atoms with Gasteiger partial charge in [0.05, 0.1) is 0 Å². The average molecular weight is 343 g/mol. The first kappa shape index (κ1) is 15.9. The third kappa shape index (κ3) is 4.04. The molecule has 0 bridgehead atoms. The Bertz CT molecular complexity index is 713. The first-order chi connectivity index (χ1) is 10.9. The van der Waals surface area contributed by atoms with Crippen LogP contribution in [-0.4, -0.2) is 21.6 Å². The van der Waals surface area contributed by atoms with E-state index in [-0.39, 0.29) is 34.2 Å². The molecule has 5 nitrogen and oxygen atoms in total. The maximum Gasteiger partial charge on any atom is 0.446 e. The zero-order valence-electron chi connectivity index (χ0n) is 11.8. The van der Waals surface area contributed by atoms with E-state index in [9.17, 15) is 18.0 Å². The number of rotatable bonds is 4. The van der Waals surface area contributed by atoms with Crippen LogP contribution in [0.2, 0.25) is 0 Å². The van der Waals surface area contributed by atoms with Crippen LogP contribution in [0.15, 0.2) is 33.6 Å². The normalized spacial score (nSPS) is 15.3. The smallest absolute Gasteiger partial charge is 0.408 e. The molecule has 0 radical (unpaired) electrons. The van der Waals surface area contributed by atoms with E-state index in [0.717, 1.165) is 25.3 Å². The van der Waals surface area contributed by atoms with Gasteiger partial charge in [-0.2, -0.15) is 13.2 Å². The van der Waals surface area contributed by atoms with Crippen molar-refractivity contribution in [1.82, 2.24) is 10.2 Å². The van der Waals surface area contributed by atoms with Crippen molar-refractivity contribution in [2.24, 2.45) is 0 Å². The molecular formula is C14H12F3N3O2S. The van der Waals surface area contributed by atoms with Crippen molar-refractivity contribution in [3.05, 3.63) is 35.7 Å². The molecule has 0 aliphatic heterocycles. The van der Waals surface area contributed by atoms with Crippen LogP contribution in [0.4, 0.5) is 19.2 Å². The Kier molecular flexibility index (Phi) is 4.29. The number of alkyl halides is 3. The third-order valence-electron chi connectivity index (χ3n) is 3.45. The van der Waals surface area contributed by atoms with E-state index in [4.69, 9.17) is 4.42 Å². The lowest BCUT2D eigenvalue weighted by molar-refractivity contribution is -0.0328. The molecule has 0 saturated heterocycles. The summed E-state index contributed by atoms with van der Waals surface area (Å²) in [6.45, 7) is 0. The molecule has 122 valence electrons. The van der Waals surface area contributed by atoms with E-state index in [1.165, 1.54) is 18.2 Å². The molecule has 0 atom stereocenters. The fourth-order valence-electron chi connectivity index (χ4n) is 2.11. The molecule has 1 aliphatic carbocycles. The number of anilines is 1. The molecule has 1 aromatic carbocycles. The second-order valence-electron chi connectivity index (χ2n) is 5.10. The van der Waals surface area contributed by atoms with Gasteiger partial charge in [-0.25, -0.2) is 0 Å². The van der Waals surface area contributed by atoms with E-state index in [1.54, 1.807) is 0 Å². The number of carbonyl (C=O) groups is 1. The van der Waals surface area contributed by atoms with Crippen LogP contribution in [0.25, 0.3) is 0 Å². The molecule has 1 fully saturated rings. The Morgan fingerprint density at radius 2 is 2.09 bits per heavy atom. The zero-order chi connectivity index (χ0) is 16.4. The molecule has 0 spiro atoms. The minimum absolute atomic E-state index is 0.0502. The summed E-state index contributed by atoms with van der Waals surface area (Å²) in [6, 6.07) is 5.20. The largest absolute Gasteiger partial charge is 0.446 e. The number of amides is 1. The average Bonchev–Trinajstić information content (AvgIpc) is 2.83. The molecule has 1 heterocycles. The summed E-state index contributed by atoms with van der Waals surface area (Å²) >= 11 is -0.274. The number of thioether (sulfide) groups is 1. The van der Waals surface area contributed by atoms with E-state index in [2.05, 4.69) is 15.5 Å². The molecule has 1 N–H and O–H groups in total. The van der Waals surface area contributed by atoms with Crippen molar-refractivity contribution in [3.8, 4) is 0 Å². The topological polar surface area (TPSA) is 68.0 Å². The first-order valence-electron chi connectivity index (χ1n) is 6.91. The van der Waals surface area contributed by atoms with Gasteiger partial charge in [0.15, 0.2) is 0 Å². The van der Waals surface area contributed by atoms with Crippen LogP contribution in [-0.2, 0) is 0 Å². The highest BCUT2D eigenvalue weighted by molar-refractivity contribution is 8.00. The maximum absolute atomic E-state index is 12.4. The highest BCUT2D eigenvalue weighted by atomic mass is 32.2. The van der Waals surface area contributed by atoms with E-state index in [0.29, 0.717) is 5.89 Å². The Hall–Kier alpha value is -2.03. The summed E-state index contributed by atoms with van der Waals surface area (Å²) < 4.78 is 42.5. The van der Waals surface area contributed by atoms with Crippen LogP contribution in [0.3, 0.4) is 0 Å². The number of nitrogens with zero attached hydrogens (tertiary/aromatic N) is 2. The lowest BCUT2D eigenvalue weighted by Gasteiger charge is -2.20. The number of hydrogen-bond acceptors (Lipinski definition) is 5. The van der Waals surface area contributed by atoms with Crippen LogP contribution in [0, 0.1) is 0 Å². The first-order valence-corrected chi connectivity index (χ1v) is 7.73. The molecule has 23 heavy (non-hydrogen) atoms. The summed E-state index contributed by atoms with van der Waals surface area (Å²) in [4.78, 5) is 12.0. The fourth-order valence-corrected chi connectivity index (χ4v) is 2.71. The van der Waals surface area contributed by atoms with Gasteiger partial charge in [0.2, 0.25) is 5.89 Å². The Morgan fingerprint density at radius 3 is 2.74 bits per heavy atom. The Labute approximate surface area is 133 Å².